The van der Waals surface area contributed by atoms with Crippen molar-refractivity contribution in [3.8, 4) is 152 Å². The van der Waals surface area contributed by atoms with Gasteiger partial charge in [0.25, 0.3) is 0 Å². The fourth-order valence-corrected chi connectivity index (χ4v) is 21.8. The smallest absolute Gasteiger partial charge is 0.160 e. The topological polar surface area (TPSA) is 131 Å². The molecule has 3 aliphatic rings. The summed E-state index contributed by atoms with van der Waals surface area (Å²) in [4.78, 5) is 45.0. The molecule has 3 aliphatic carbocycles. The van der Waals surface area contributed by atoms with Crippen LogP contribution in [-0.4, -0.2) is 58.6 Å². The Kier molecular flexibility index (Phi) is 19.6. The monoisotopic (exact) mass is 1770 g/mol. The van der Waals surface area contributed by atoms with Crippen molar-refractivity contribution in [2.45, 2.75) is 57.8 Å². The molecule has 138 heavy (non-hydrogen) atoms. The van der Waals surface area contributed by atoms with Gasteiger partial charge in [-0.2, -0.15) is 0 Å². The lowest BCUT2D eigenvalue weighted by molar-refractivity contribution is 0.657. The summed E-state index contributed by atoms with van der Waals surface area (Å²) >= 11 is 0. The van der Waals surface area contributed by atoms with E-state index in [1.165, 1.54) is 115 Å². The summed E-state index contributed by atoms with van der Waals surface area (Å²) in [6.07, 6.45) is 9.17. The van der Waals surface area contributed by atoms with Crippen LogP contribution in [0.2, 0.25) is 0 Å². The second kappa shape index (κ2) is 32.9. The van der Waals surface area contributed by atoms with Crippen LogP contribution < -0.4 is 0 Å². The Morgan fingerprint density at radius 3 is 0.848 bits per heavy atom. The highest BCUT2D eigenvalue weighted by Gasteiger charge is 2.44. The van der Waals surface area contributed by atoms with E-state index in [-0.39, 0.29) is 16.2 Å². The molecule has 654 valence electrons. The molecule has 9 aromatic heterocycles. The third kappa shape index (κ3) is 13.7. The highest BCUT2D eigenvalue weighted by molar-refractivity contribution is 6.14. The first-order valence-corrected chi connectivity index (χ1v) is 47.1. The molecule has 0 saturated heterocycles. The highest BCUT2D eigenvalue weighted by Crippen LogP contribution is 2.56. The largest absolute Gasteiger partial charge is 0.309 e. The Balaban J connectivity index is 0.000000110. The number of pyridine rings is 3. The Labute approximate surface area is 799 Å². The van der Waals surface area contributed by atoms with Crippen LogP contribution in [0, 0.1) is 0 Å². The Hall–Kier alpha value is -17.6. The summed E-state index contributed by atoms with van der Waals surface area (Å²) < 4.78 is 7.06. The van der Waals surface area contributed by atoms with Gasteiger partial charge in [-0.15, -0.1) is 0 Å². The lowest BCUT2D eigenvalue weighted by Crippen LogP contribution is -2.17. The molecule has 0 spiro atoms. The second-order valence-electron chi connectivity index (χ2n) is 37.6. The van der Waals surface area contributed by atoms with E-state index >= 15 is 0 Å². The minimum atomic E-state index is -0.254. The number of fused-ring (bicyclic) bond motifs is 18. The predicted octanol–water partition coefficient (Wildman–Crippen LogP) is 30.8. The zero-order chi connectivity index (χ0) is 92.5. The zero-order valence-corrected chi connectivity index (χ0v) is 76.9. The molecular formula is C126H90N12. The van der Waals surface area contributed by atoms with Gasteiger partial charge >= 0.3 is 0 Å². The van der Waals surface area contributed by atoms with Crippen molar-refractivity contribution in [1.82, 2.24) is 58.6 Å². The molecule has 0 aliphatic heterocycles. The van der Waals surface area contributed by atoms with Gasteiger partial charge in [-0.1, -0.05) is 327 Å². The molecule has 0 radical (unpaired) electrons. The number of nitrogens with zero attached hydrogens (tertiary/aromatic N) is 12. The number of benzene rings is 15. The van der Waals surface area contributed by atoms with Crippen molar-refractivity contribution >= 4 is 65.4 Å². The number of hydrogen-bond donors (Lipinski definition) is 0. The molecule has 15 aromatic carbocycles. The van der Waals surface area contributed by atoms with Crippen LogP contribution in [0.25, 0.3) is 218 Å². The van der Waals surface area contributed by atoms with Crippen LogP contribution in [0.5, 0.6) is 0 Å². The van der Waals surface area contributed by atoms with Gasteiger partial charge in [-0.3, -0.25) is 15.0 Å². The van der Waals surface area contributed by atoms with Gasteiger partial charge in [0.1, 0.15) is 0 Å². The van der Waals surface area contributed by atoms with Crippen LogP contribution in [-0.2, 0) is 16.2 Å². The predicted molar refractivity (Wildman–Crippen MR) is 564 cm³/mol. The van der Waals surface area contributed by atoms with Gasteiger partial charge < -0.3 is 13.7 Å². The summed E-state index contributed by atoms with van der Waals surface area (Å²) in [5, 5.41) is 7.30. The molecule has 0 unspecified atom stereocenters. The van der Waals surface area contributed by atoms with Gasteiger partial charge in [0.15, 0.2) is 17.5 Å². The highest BCUT2D eigenvalue weighted by atomic mass is 15.0. The Morgan fingerprint density at radius 2 is 0.493 bits per heavy atom. The average Bonchev–Trinajstić information content (AvgIpc) is 1.56. The van der Waals surface area contributed by atoms with Gasteiger partial charge in [0, 0.05) is 169 Å². The Bertz CT molecular complexity index is 8090. The maximum atomic E-state index is 5.39. The third-order valence-corrected chi connectivity index (χ3v) is 28.4. The molecule has 0 fully saturated rings. The molecule has 27 rings (SSSR count). The first-order valence-electron chi connectivity index (χ1n) is 47.1. The summed E-state index contributed by atoms with van der Waals surface area (Å²) in [7, 11) is 0. The minimum Gasteiger partial charge on any atom is -0.309 e. The molecule has 0 N–H and O–H groups in total. The summed E-state index contributed by atoms with van der Waals surface area (Å²) in [6.45, 7) is 13.8. The van der Waals surface area contributed by atoms with E-state index in [0.29, 0.717) is 0 Å². The van der Waals surface area contributed by atoms with Gasteiger partial charge in [0.05, 0.1) is 73.0 Å². The minimum absolute atomic E-state index is 0.252. The molecule has 0 atom stereocenters. The normalized spacial score (nSPS) is 13.2. The van der Waals surface area contributed by atoms with Gasteiger partial charge in [-0.25, -0.2) is 29.9 Å². The fraction of sp³-hybridized carbons (Fsp3) is 0.0714. The molecule has 24 aromatic rings. The standard InChI is InChI=1S/3C42H30N4/c1-42(2)34-16-8-6-15-32(34)40-38(42)39(44-41(45-40)28-21-19-27(20-22-28)35-17-10-11-25-43-35)29-23-24-37-33(26-29)31-14-7-9-18-36(31)46(37)30-12-4-3-5-13-30;1-42(2)35-16-8-6-15-33(35)40-38(42)39(44-41(45-40)28-20-18-27(19-21-28)30-11-10-24-43-26-30)29-22-23-37-34(25-29)32-14-7-9-17-36(32)46(37)31-12-4-3-5-13-31;1-42(2)35-14-8-6-13-33(35)40-38(42)39(44-41(45-40)29-18-16-27(17-19-29)28-22-24-43-25-23-28)30-20-21-37-34(26-30)32-12-7-9-15-36(32)46(37)31-10-4-3-5-11-31/h3*3-26H,1-2H3. The molecule has 9 heterocycles. The van der Waals surface area contributed by atoms with Crippen LogP contribution >= 0.6 is 0 Å². The van der Waals surface area contributed by atoms with E-state index in [0.717, 1.165) is 136 Å². The lowest BCUT2D eigenvalue weighted by atomic mass is 9.80. The molecule has 12 heteroatoms. The van der Waals surface area contributed by atoms with E-state index in [9.17, 15) is 0 Å². The van der Waals surface area contributed by atoms with Crippen LogP contribution in [0.3, 0.4) is 0 Å². The third-order valence-electron chi connectivity index (χ3n) is 28.4. The molecule has 0 saturated carbocycles. The lowest BCUT2D eigenvalue weighted by Gasteiger charge is -2.24. The SMILES string of the molecule is CC1(C)c2ccccc2-c2nc(-c3ccc(-c4ccccn4)cc3)nc(-c3ccc4c(c3)c3ccccc3n4-c3ccccc3)c21.CC1(C)c2ccccc2-c2nc(-c3ccc(-c4cccnc4)cc3)nc(-c3ccc4c(c3)c3ccccc3n4-c3ccccc3)c21.CC1(C)c2ccccc2-c2nc(-c3ccc(-c4ccncc4)cc3)nc(-c3ccc4c(c3)c3ccccc3n4-c3ccccc3)c21. The van der Waals surface area contributed by atoms with Gasteiger partial charge in [-0.05, 0) is 160 Å². The summed E-state index contributed by atoms with van der Waals surface area (Å²) in [5.74, 6) is 2.18. The van der Waals surface area contributed by atoms with Crippen molar-refractivity contribution < 1.29 is 0 Å². The average molecular weight is 1770 g/mol. The molecule has 0 bridgehead atoms. The summed E-state index contributed by atoms with van der Waals surface area (Å²) in [5.41, 5.74) is 39.4. The number of hydrogen-bond acceptors (Lipinski definition) is 9. The first-order chi connectivity index (χ1) is 67.7. The molecule has 0 amide bonds. The van der Waals surface area contributed by atoms with E-state index in [4.69, 9.17) is 29.9 Å². The van der Waals surface area contributed by atoms with Crippen molar-refractivity contribution in [3.63, 3.8) is 0 Å². The van der Waals surface area contributed by atoms with Crippen molar-refractivity contribution in [1.29, 1.82) is 0 Å². The van der Waals surface area contributed by atoms with Crippen molar-refractivity contribution in [3.05, 3.63) is 471 Å². The van der Waals surface area contributed by atoms with E-state index in [1.54, 1.807) is 6.20 Å². The maximum absolute atomic E-state index is 5.39. The van der Waals surface area contributed by atoms with Crippen LogP contribution in [0.15, 0.2) is 437 Å². The quantitative estimate of drug-likeness (QED) is 0.117. The van der Waals surface area contributed by atoms with Crippen molar-refractivity contribution in [2.75, 3.05) is 0 Å². The second-order valence-corrected chi connectivity index (χ2v) is 37.6. The first kappa shape index (κ1) is 82.3. The molecule has 12 nitrogen and oxygen atoms in total. The van der Waals surface area contributed by atoms with Gasteiger partial charge in [0.2, 0.25) is 0 Å². The van der Waals surface area contributed by atoms with E-state index in [2.05, 4.69) is 440 Å². The van der Waals surface area contributed by atoms with Crippen molar-refractivity contribution in [2.24, 2.45) is 0 Å². The zero-order valence-electron chi connectivity index (χ0n) is 76.9. The number of aromatic nitrogens is 12. The fourth-order valence-electron chi connectivity index (χ4n) is 21.8. The van der Waals surface area contributed by atoms with Crippen LogP contribution in [0.1, 0.15) is 74.9 Å². The number of rotatable bonds is 12. The summed E-state index contributed by atoms with van der Waals surface area (Å²) in [6, 6.07) is 144. The maximum Gasteiger partial charge on any atom is 0.160 e. The van der Waals surface area contributed by atoms with E-state index in [1.807, 2.05) is 61.2 Å². The number of para-hydroxylation sites is 6. The Morgan fingerprint density at radius 1 is 0.196 bits per heavy atom. The van der Waals surface area contributed by atoms with Crippen LogP contribution in [0.4, 0.5) is 0 Å². The van der Waals surface area contributed by atoms with E-state index < -0.39 is 0 Å². The molecular weight excluding hydrogens is 1680 g/mol.